The summed E-state index contributed by atoms with van der Waals surface area (Å²) in [5, 5.41) is 17.3. The van der Waals surface area contributed by atoms with Gasteiger partial charge in [-0.15, -0.1) is 0 Å². The average molecular weight is 354 g/mol. The van der Waals surface area contributed by atoms with E-state index < -0.39 is 0 Å². The molecule has 0 amide bonds. The summed E-state index contributed by atoms with van der Waals surface area (Å²) in [6.07, 6.45) is 0. The maximum absolute atomic E-state index is 8.63. The van der Waals surface area contributed by atoms with Gasteiger partial charge in [0.15, 0.2) is 0 Å². The Balaban J connectivity index is 0. The minimum atomic E-state index is 0. The molecule has 0 unspecified atom stereocenters. The van der Waals surface area contributed by atoms with Gasteiger partial charge in [0.1, 0.15) is 11.5 Å². The first-order chi connectivity index (χ1) is 9.20. The number of hydrogen-bond acceptors (Lipinski definition) is 3. The summed E-state index contributed by atoms with van der Waals surface area (Å²) in [6, 6.07) is 17.4. The van der Waals surface area contributed by atoms with Crippen molar-refractivity contribution in [2.75, 3.05) is 13.2 Å². The van der Waals surface area contributed by atoms with Gasteiger partial charge in [0.2, 0.25) is 0 Å². The molecular formula is C16H22O3Zr. The van der Waals surface area contributed by atoms with Gasteiger partial charge in [-0.3, -0.25) is 0 Å². The number of para-hydroxylation sites is 2. The fourth-order valence-corrected chi connectivity index (χ4v) is 1.06. The summed E-state index contributed by atoms with van der Waals surface area (Å²) in [5.41, 5.74) is 0. The van der Waals surface area contributed by atoms with E-state index >= 15 is 0 Å². The molecule has 0 atom stereocenters. The van der Waals surface area contributed by atoms with E-state index in [9.17, 15) is 0 Å². The van der Waals surface area contributed by atoms with Crippen molar-refractivity contribution in [3.8, 4) is 11.5 Å². The Hall–Kier alpha value is -1.12. The van der Waals surface area contributed by atoms with E-state index in [1.54, 1.807) is 48.5 Å². The van der Waals surface area contributed by atoms with Crippen LogP contribution in [-0.2, 0) is 30.9 Å². The zero-order valence-electron chi connectivity index (χ0n) is 12.0. The van der Waals surface area contributed by atoms with Crippen LogP contribution in [0.1, 0.15) is 13.8 Å². The zero-order valence-corrected chi connectivity index (χ0v) is 14.4. The number of hydrogen-bond donors (Lipinski definition) is 2. The molecule has 0 aliphatic carbocycles. The van der Waals surface area contributed by atoms with Gasteiger partial charge in [0, 0.05) is 39.4 Å². The Morgan fingerprint density at radius 3 is 1.10 bits per heavy atom. The molecule has 2 rings (SSSR count). The molecule has 2 aromatic rings. The van der Waals surface area contributed by atoms with Crippen molar-refractivity contribution in [3.63, 3.8) is 0 Å². The first-order valence-corrected chi connectivity index (χ1v) is 6.26. The van der Waals surface area contributed by atoms with Gasteiger partial charge in [-0.2, -0.15) is 0 Å². The normalized spacial score (nSPS) is 8.10. The second-order valence-electron chi connectivity index (χ2n) is 3.45. The average Bonchev–Trinajstić information content (AvgIpc) is 2.43. The topological polar surface area (TPSA) is 49.7 Å². The van der Waals surface area contributed by atoms with Crippen LogP contribution in [0.2, 0.25) is 0 Å². The molecule has 0 aromatic heterocycles. The van der Waals surface area contributed by atoms with E-state index in [0.717, 1.165) is 13.2 Å². The zero-order chi connectivity index (χ0) is 14.3. The van der Waals surface area contributed by atoms with Crippen LogP contribution in [0.5, 0.6) is 11.5 Å². The van der Waals surface area contributed by atoms with Crippen molar-refractivity contribution in [2.45, 2.75) is 13.8 Å². The predicted octanol–water partition coefficient (Wildman–Crippen LogP) is 3.82. The molecule has 0 aliphatic rings. The van der Waals surface area contributed by atoms with Crippen molar-refractivity contribution in [2.24, 2.45) is 0 Å². The minimum Gasteiger partial charge on any atom is -0.508 e. The van der Waals surface area contributed by atoms with Crippen LogP contribution in [0.25, 0.3) is 0 Å². The molecule has 0 bridgehead atoms. The van der Waals surface area contributed by atoms with Gasteiger partial charge in [-0.05, 0) is 38.1 Å². The molecule has 0 aliphatic heterocycles. The van der Waals surface area contributed by atoms with Gasteiger partial charge in [0.05, 0.1) is 0 Å². The Morgan fingerprint density at radius 1 is 0.700 bits per heavy atom. The SMILES string of the molecule is CCOCC.Oc1ccccc1.Oc1ccccc1.[Zr]. The summed E-state index contributed by atoms with van der Waals surface area (Å²) in [5.74, 6) is 0.644. The quantitative estimate of drug-likeness (QED) is 0.863. The molecule has 2 N–H and O–H groups in total. The molecule has 3 nitrogen and oxygen atoms in total. The maximum Gasteiger partial charge on any atom is 0.115 e. The molecule has 4 heteroatoms. The van der Waals surface area contributed by atoms with Crippen molar-refractivity contribution in [1.82, 2.24) is 0 Å². The third-order valence-corrected chi connectivity index (χ3v) is 1.92. The van der Waals surface area contributed by atoms with Crippen molar-refractivity contribution >= 4 is 0 Å². The molecule has 108 valence electrons. The predicted molar refractivity (Wildman–Crippen MR) is 78.4 cm³/mol. The van der Waals surface area contributed by atoms with Crippen molar-refractivity contribution < 1.29 is 41.2 Å². The monoisotopic (exact) mass is 352 g/mol. The first-order valence-electron chi connectivity index (χ1n) is 6.26. The van der Waals surface area contributed by atoms with Crippen LogP contribution in [0.3, 0.4) is 0 Å². The van der Waals surface area contributed by atoms with Crippen LogP contribution in [0.4, 0.5) is 0 Å². The second kappa shape index (κ2) is 15.9. The number of phenolic OH excluding ortho intramolecular Hbond substituents is 2. The first kappa shape index (κ1) is 21.2. The molecule has 0 fully saturated rings. The number of phenols is 2. The van der Waals surface area contributed by atoms with Crippen molar-refractivity contribution in [1.29, 1.82) is 0 Å². The standard InChI is InChI=1S/2C6H6O.C4H10O.Zr/c2*7-6-4-2-1-3-5-6;1-3-5-4-2;/h2*1-5,7H;3-4H2,1-2H3;. The third kappa shape index (κ3) is 14.9. The van der Waals surface area contributed by atoms with Gasteiger partial charge in [0.25, 0.3) is 0 Å². The Labute approximate surface area is 140 Å². The van der Waals surface area contributed by atoms with E-state index in [4.69, 9.17) is 14.9 Å². The smallest absolute Gasteiger partial charge is 0.115 e. The second-order valence-corrected chi connectivity index (χ2v) is 3.45. The van der Waals surface area contributed by atoms with Gasteiger partial charge >= 0.3 is 0 Å². The molecule has 0 heterocycles. The van der Waals surface area contributed by atoms with E-state index in [0.29, 0.717) is 11.5 Å². The fraction of sp³-hybridized carbons (Fsp3) is 0.250. The molecule has 0 saturated carbocycles. The number of benzene rings is 2. The molecule has 2 aromatic carbocycles. The number of aromatic hydroxyl groups is 2. The summed E-state index contributed by atoms with van der Waals surface area (Å²) in [7, 11) is 0. The third-order valence-electron chi connectivity index (χ3n) is 1.92. The largest absolute Gasteiger partial charge is 0.508 e. The Kier molecular flexibility index (Phi) is 16.9. The molecular weight excluding hydrogens is 331 g/mol. The summed E-state index contributed by atoms with van der Waals surface area (Å²) < 4.78 is 4.83. The van der Waals surface area contributed by atoms with E-state index in [2.05, 4.69) is 0 Å². The molecule has 0 radical (unpaired) electrons. The van der Waals surface area contributed by atoms with Gasteiger partial charge < -0.3 is 14.9 Å². The minimum absolute atomic E-state index is 0. The molecule has 0 saturated heterocycles. The van der Waals surface area contributed by atoms with Crippen molar-refractivity contribution in [3.05, 3.63) is 60.7 Å². The number of rotatable bonds is 2. The molecule has 0 spiro atoms. The van der Waals surface area contributed by atoms with E-state index in [1.165, 1.54) is 0 Å². The van der Waals surface area contributed by atoms with Gasteiger partial charge in [-0.25, -0.2) is 0 Å². The van der Waals surface area contributed by atoms with Gasteiger partial charge in [-0.1, -0.05) is 36.4 Å². The number of ether oxygens (including phenoxy) is 1. The van der Waals surface area contributed by atoms with Crippen LogP contribution in [0.15, 0.2) is 60.7 Å². The Bertz CT molecular complexity index is 353. The van der Waals surface area contributed by atoms with Crippen LogP contribution in [0, 0.1) is 0 Å². The van der Waals surface area contributed by atoms with Crippen LogP contribution in [-0.4, -0.2) is 23.4 Å². The molecule has 20 heavy (non-hydrogen) atoms. The van der Waals surface area contributed by atoms with E-state index in [1.807, 2.05) is 26.0 Å². The fourth-order valence-electron chi connectivity index (χ4n) is 1.06. The summed E-state index contributed by atoms with van der Waals surface area (Å²) >= 11 is 0. The Morgan fingerprint density at radius 2 is 1.00 bits per heavy atom. The summed E-state index contributed by atoms with van der Waals surface area (Å²) in [6.45, 7) is 5.67. The van der Waals surface area contributed by atoms with E-state index in [-0.39, 0.29) is 26.2 Å². The maximum atomic E-state index is 8.63. The summed E-state index contributed by atoms with van der Waals surface area (Å²) in [4.78, 5) is 0. The van der Waals surface area contributed by atoms with Crippen LogP contribution < -0.4 is 0 Å². The van der Waals surface area contributed by atoms with Crippen LogP contribution >= 0.6 is 0 Å².